The van der Waals surface area contributed by atoms with E-state index in [2.05, 4.69) is 0 Å². The Labute approximate surface area is 186 Å². The summed E-state index contributed by atoms with van der Waals surface area (Å²) in [5.74, 6) is 0.632. The van der Waals surface area contributed by atoms with Crippen molar-refractivity contribution in [2.45, 2.75) is 33.2 Å². The molecule has 0 bridgehead atoms. The third kappa shape index (κ3) is 4.28. The molecule has 1 amide bonds. The maximum atomic E-state index is 12.7. The van der Waals surface area contributed by atoms with E-state index in [0.717, 1.165) is 38.8 Å². The third-order valence-electron chi connectivity index (χ3n) is 6.03. The van der Waals surface area contributed by atoms with Crippen molar-refractivity contribution in [3.63, 3.8) is 0 Å². The van der Waals surface area contributed by atoms with E-state index >= 15 is 0 Å². The van der Waals surface area contributed by atoms with Crippen molar-refractivity contribution in [2.24, 2.45) is 0 Å². The number of carbonyl (C=O) groups excluding carboxylic acids is 2. The van der Waals surface area contributed by atoms with Gasteiger partial charge in [0, 0.05) is 24.0 Å². The molecule has 0 unspecified atom stereocenters. The second-order valence-electron chi connectivity index (χ2n) is 8.07. The highest BCUT2D eigenvalue weighted by atomic mass is 16.5. The number of ether oxygens (including phenoxy) is 3. The van der Waals surface area contributed by atoms with Crippen LogP contribution in [0.15, 0.2) is 34.9 Å². The van der Waals surface area contributed by atoms with Crippen LogP contribution < -0.4 is 9.47 Å². The molecule has 7 nitrogen and oxygen atoms in total. The van der Waals surface area contributed by atoms with Gasteiger partial charge in [0.2, 0.25) is 0 Å². The van der Waals surface area contributed by atoms with Crippen molar-refractivity contribution >= 4 is 22.8 Å². The Morgan fingerprint density at radius 3 is 2.41 bits per heavy atom. The van der Waals surface area contributed by atoms with E-state index in [1.807, 2.05) is 38.1 Å². The van der Waals surface area contributed by atoms with Gasteiger partial charge < -0.3 is 23.5 Å². The van der Waals surface area contributed by atoms with Gasteiger partial charge in [-0.2, -0.15) is 0 Å². The molecule has 0 spiro atoms. The van der Waals surface area contributed by atoms with Crippen LogP contribution in [0.2, 0.25) is 0 Å². The highest BCUT2D eigenvalue weighted by Crippen LogP contribution is 2.33. The van der Waals surface area contributed by atoms with Gasteiger partial charge in [0.25, 0.3) is 5.91 Å². The fourth-order valence-electron chi connectivity index (χ4n) is 4.01. The quantitative estimate of drug-likeness (QED) is 0.547. The highest BCUT2D eigenvalue weighted by Gasteiger charge is 2.24. The molecule has 2 aromatic carbocycles. The van der Waals surface area contributed by atoms with Crippen LogP contribution in [0.5, 0.6) is 11.5 Å². The van der Waals surface area contributed by atoms with Crippen molar-refractivity contribution in [3.05, 3.63) is 58.3 Å². The Bertz CT molecular complexity index is 1180. The first-order valence-corrected chi connectivity index (χ1v) is 10.5. The monoisotopic (exact) mass is 437 g/mol. The topological polar surface area (TPSA) is 78.2 Å². The fraction of sp³-hybridized carbons (Fsp3) is 0.360. The van der Waals surface area contributed by atoms with Crippen LogP contribution in [0.25, 0.3) is 11.0 Å². The molecule has 1 aliphatic rings. The van der Waals surface area contributed by atoms with E-state index in [1.54, 1.807) is 25.4 Å². The molecule has 0 atom stereocenters. The number of amides is 1. The maximum absolute atomic E-state index is 12.7. The van der Waals surface area contributed by atoms with E-state index < -0.39 is 5.97 Å². The zero-order chi connectivity index (χ0) is 22.8. The van der Waals surface area contributed by atoms with Crippen LogP contribution in [0.3, 0.4) is 0 Å². The summed E-state index contributed by atoms with van der Waals surface area (Å²) in [6.45, 7) is 4.75. The molecular weight excluding hydrogens is 410 g/mol. The maximum Gasteiger partial charge on any atom is 0.310 e. The minimum Gasteiger partial charge on any atom is -0.493 e. The Morgan fingerprint density at radius 2 is 1.69 bits per heavy atom. The lowest BCUT2D eigenvalue weighted by atomic mass is 9.99. The van der Waals surface area contributed by atoms with Gasteiger partial charge in [0.1, 0.15) is 5.58 Å². The van der Waals surface area contributed by atoms with E-state index in [-0.39, 0.29) is 18.9 Å². The summed E-state index contributed by atoms with van der Waals surface area (Å²) < 4.78 is 21.6. The van der Waals surface area contributed by atoms with E-state index in [9.17, 15) is 9.59 Å². The van der Waals surface area contributed by atoms with Crippen molar-refractivity contribution in [1.82, 2.24) is 4.90 Å². The summed E-state index contributed by atoms with van der Waals surface area (Å²) in [4.78, 5) is 26.7. The Balaban J connectivity index is 1.36. The van der Waals surface area contributed by atoms with Gasteiger partial charge in [-0.05, 0) is 66.8 Å². The first-order chi connectivity index (χ1) is 15.4. The molecule has 168 valence electrons. The fourth-order valence-corrected chi connectivity index (χ4v) is 4.01. The predicted octanol–water partition coefficient (Wildman–Crippen LogP) is 3.74. The van der Waals surface area contributed by atoms with Crippen molar-refractivity contribution in [2.75, 3.05) is 27.4 Å². The van der Waals surface area contributed by atoms with Gasteiger partial charge in [-0.15, -0.1) is 0 Å². The molecule has 7 heteroatoms. The summed E-state index contributed by atoms with van der Waals surface area (Å²) in [5.41, 5.74) is 5.89. The summed E-state index contributed by atoms with van der Waals surface area (Å²) in [7, 11) is 3.19. The van der Waals surface area contributed by atoms with Crippen LogP contribution in [0.4, 0.5) is 0 Å². The van der Waals surface area contributed by atoms with Gasteiger partial charge in [0.05, 0.1) is 26.9 Å². The normalized spacial score (nSPS) is 13.1. The third-order valence-corrected chi connectivity index (χ3v) is 6.03. The molecule has 0 radical (unpaired) electrons. The number of esters is 1. The molecule has 3 aromatic rings. The average molecular weight is 437 g/mol. The number of fused-ring (bicyclic) bond motifs is 2. The Morgan fingerprint density at radius 1 is 1.00 bits per heavy atom. The molecular formula is C25H27NO6. The van der Waals surface area contributed by atoms with Crippen molar-refractivity contribution in [1.29, 1.82) is 0 Å². The molecule has 0 fully saturated rings. The molecule has 32 heavy (non-hydrogen) atoms. The summed E-state index contributed by atoms with van der Waals surface area (Å²) in [6, 6.07) is 7.82. The molecule has 4 rings (SSSR count). The van der Waals surface area contributed by atoms with Gasteiger partial charge >= 0.3 is 5.97 Å². The van der Waals surface area contributed by atoms with Gasteiger partial charge in [-0.1, -0.05) is 0 Å². The number of benzene rings is 2. The zero-order valence-corrected chi connectivity index (χ0v) is 18.8. The predicted molar refractivity (Wildman–Crippen MR) is 119 cm³/mol. The molecule has 0 aliphatic carbocycles. The minimum absolute atomic E-state index is 0.0581. The van der Waals surface area contributed by atoms with E-state index in [4.69, 9.17) is 18.6 Å². The minimum atomic E-state index is -0.455. The first-order valence-electron chi connectivity index (χ1n) is 10.5. The van der Waals surface area contributed by atoms with Crippen LogP contribution in [0, 0.1) is 13.8 Å². The van der Waals surface area contributed by atoms with Gasteiger partial charge in [-0.3, -0.25) is 9.59 Å². The average Bonchev–Trinajstić information content (AvgIpc) is 3.17. The zero-order valence-electron chi connectivity index (χ0n) is 18.8. The highest BCUT2D eigenvalue weighted by molar-refractivity contribution is 5.88. The van der Waals surface area contributed by atoms with E-state index in [1.165, 1.54) is 0 Å². The largest absolute Gasteiger partial charge is 0.493 e. The summed E-state index contributed by atoms with van der Waals surface area (Å²) >= 11 is 0. The smallest absolute Gasteiger partial charge is 0.310 e. The number of hydrogen-bond acceptors (Lipinski definition) is 6. The number of carbonyl (C=O) groups is 2. The molecule has 0 saturated carbocycles. The number of methoxy groups -OCH3 is 2. The SMILES string of the molecule is COc1cc2c(cc1OC)CN(C(=O)COC(=O)Cc1coc3cc(C)c(C)cc13)CC2. The number of nitrogens with zero attached hydrogens (tertiary/aromatic N) is 1. The number of aryl methyl sites for hydroxylation is 2. The molecule has 0 saturated heterocycles. The number of furan rings is 1. The van der Waals surface area contributed by atoms with Crippen LogP contribution in [-0.4, -0.2) is 44.1 Å². The van der Waals surface area contributed by atoms with Crippen molar-refractivity contribution in [3.8, 4) is 11.5 Å². The lowest BCUT2D eigenvalue weighted by molar-refractivity contribution is -0.151. The van der Waals surface area contributed by atoms with Gasteiger partial charge in [-0.25, -0.2) is 0 Å². The second kappa shape index (κ2) is 8.94. The first kappa shape index (κ1) is 21.7. The Hall–Kier alpha value is -3.48. The summed E-state index contributed by atoms with van der Waals surface area (Å²) in [6.07, 6.45) is 2.34. The van der Waals surface area contributed by atoms with Gasteiger partial charge in [0.15, 0.2) is 18.1 Å². The van der Waals surface area contributed by atoms with Crippen LogP contribution in [-0.2, 0) is 33.7 Å². The van der Waals surface area contributed by atoms with Crippen LogP contribution >= 0.6 is 0 Å². The van der Waals surface area contributed by atoms with Crippen LogP contribution in [0.1, 0.15) is 27.8 Å². The molecule has 1 aromatic heterocycles. The number of rotatable bonds is 6. The standard InChI is InChI=1S/C25H27NO6/c1-15-7-20-19(13-31-21(20)8-16(15)2)11-25(28)32-14-24(27)26-6-5-17-9-22(29-3)23(30-4)10-18(17)12-26/h7-10,13H,5-6,11-12,14H2,1-4H3. The summed E-state index contributed by atoms with van der Waals surface area (Å²) in [5, 5.41) is 0.897. The molecule has 2 heterocycles. The molecule has 1 aliphatic heterocycles. The van der Waals surface area contributed by atoms with E-state index in [0.29, 0.717) is 31.0 Å². The second-order valence-corrected chi connectivity index (χ2v) is 8.07. The number of hydrogen-bond donors (Lipinski definition) is 0. The lowest BCUT2D eigenvalue weighted by Gasteiger charge is -2.29. The molecule has 0 N–H and O–H groups in total. The Kier molecular flexibility index (Phi) is 6.08. The van der Waals surface area contributed by atoms with Crippen molar-refractivity contribution < 1.29 is 28.2 Å². The lowest BCUT2D eigenvalue weighted by Crippen LogP contribution is -2.38.